The summed E-state index contributed by atoms with van der Waals surface area (Å²) >= 11 is 0. The Balaban J connectivity index is 2.30. The molecule has 1 unspecified atom stereocenters. The van der Waals surface area contributed by atoms with Gasteiger partial charge in [0.15, 0.2) is 0 Å². The van der Waals surface area contributed by atoms with Crippen LogP contribution in [0.1, 0.15) is 43.5 Å². The third-order valence-corrected chi connectivity index (χ3v) is 3.01. The fourth-order valence-corrected chi connectivity index (χ4v) is 2.35. The van der Waals surface area contributed by atoms with Crippen LogP contribution in [0.2, 0.25) is 0 Å². The Morgan fingerprint density at radius 3 is 3.14 bits per heavy atom. The molecule has 1 aliphatic rings. The van der Waals surface area contributed by atoms with E-state index in [2.05, 4.69) is 17.2 Å². The Hall–Kier alpha value is -0.900. The molecule has 0 saturated carbocycles. The van der Waals surface area contributed by atoms with Crippen molar-refractivity contribution in [2.45, 2.75) is 45.1 Å². The van der Waals surface area contributed by atoms with Crippen LogP contribution < -0.4 is 5.73 Å². The maximum absolute atomic E-state index is 5.63. The Bertz CT molecular complexity index is 292. The van der Waals surface area contributed by atoms with Crippen molar-refractivity contribution in [1.82, 2.24) is 15.0 Å². The molecule has 1 aromatic rings. The van der Waals surface area contributed by atoms with E-state index in [1.54, 1.807) is 0 Å². The van der Waals surface area contributed by atoms with Crippen molar-refractivity contribution in [3.63, 3.8) is 0 Å². The van der Waals surface area contributed by atoms with Crippen LogP contribution in [-0.4, -0.2) is 21.5 Å². The first kappa shape index (κ1) is 9.65. The molecule has 4 nitrogen and oxygen atoms in total. The number of hydrogen-bond donors (Lipinski definition) is 1. The first-order valence-corrected chi connectivity index (χ1v) is 5.49. The minimum Gasteiger partial charge on any atom is -0.330 e. The highest BCUT2D eigenvalue weighted by Crippen LogP contribution is 2.32. The number of fused-ring (bicyclic) bond motifs is 1. The third-order valence-electron chi connectivity index (χ3n) is 3.01. The first-order valence-electron chi connectivity index (χ1n) is 5.49. The molecule has 0 fully saturated rings. The molecule has 4 heteroatoms. The SMILES string of the molecule is CCn1nnc2c1C(CCN)CCC2. The minimum absolute atomic E-state index is 0.596. The second kappa shape index (κ2) is 4.09. The van der Waals surface area contributed by atoms with Gasteiger partial charge in [0.2, 0.25) is 0 Å². The van der Waals surface area contributed by atoms with Crippen molar-refractivity contribution >= 4 is 0 Å². The maximum atomic E-state index is 5.63. The lowest BCUT2D eigenvalue weighted by Crippen LogP contribution is -2.17. The predicted molar refractivity (Wildman–Crippen MR) is 55.0 cm³/mol. The van der Waals surface area contributed by atoms with Gasteiger partial charge < -0.3 is 5.73 Å². The summed E-state index contributed by atoms with van der Waals surface area (Å²) in [7, 11) is 0. The van der Waals surface area contributed by atoms with E-state index in [1.807, 2.05) is 4.68 Å². The normalized spacial score (nSPS) is 20.9. The number of rotatable bonds is 3. The molecule has 0 spiro atoms. The number of aryl methyl sites for hydroxylation is 2. The third kappa shape index (κ3) is 1.54. The standard InChI is InChI=1S/C10H18N4/c1-2-14-10-8(6-7-11)4-3-5-9(10)12-13-14/h8H,2-7,11H2,1H3. The molecule has 0 aromatic carbocycles. The highest BCUT2D eigenvalue weighted by molar-refractivity contribution is 5.19. The average molecular weight is 194 g/mol. The number of nitrogens with zero attached hydrogens (tertiary/aromatic N) is 3. The molecule has 2 N–H and O–H groups in total. The van der Waals surface area contributed by atoms with Crippen molar-refractivity contribution in [2.75, 3.05) is 6.54 Å². The first-order chi connectivity index (χ1) is 6.86. The van der Waals surface area contributed by atoms with E-state index in [0.29, 0.717) is 5.92 Å². The van der Waals surface area contributed by atoms with Gasteiger partial charge in [-0.3, -0.25) is 0 Å². The van der Waals surface area contributed by atoms with Gasteiger partial charge in [-0.25, -0.2) is 4.68 Å². The Morgan fingerprint density at radius 2 is 2.43 bits per heavy atom. The van der Waals surface area contributed by atoms with Crippen LogP contribution in [0.25, 0.3) is 0 Å². The summed E-state index contributed by atoms with van der Waals surface area (Å²) in [6, 6.07) is 0. The summed E-state index contributed by atoms with van der Waals surface area (Å²) < 4.78 is 2.04. The van der Waals surface area contributed by atoms with E-state index in [9.17, 15) is 0 Å². The molecule has 1 aliphatic carbocycles. The summed E-state index contributed by atoms with van der Waals surface area (Å²) in [4.78, 5) is 0. The predicted octanol–water partition coefficient (Wildman–Crippen LogP) is 1.07. The molecule has 1 heterocycles. The molecule has 14 heavy (non-hydrogen) atoms. The quantitative estimate of drug-likeness (QED) is 0.783. The van der Waals surface area contributed by atoms with Gasteiger partial charge in [0.1, 0.15) is 0 Å². The monoisotopic (exact) mass is 194 g/mol. The van der Waals surface area contributed by atoms with E-state index in [1.165, 1.54) is 24.2 Å². The molecule has 0 amide bonds. The van der Waals surface area contributed by atoms with Crippen LogP contribution in [0.15, 0.2) is 0 Å². The van der Waals surface area contributed by atoms with Gasteiger partial charge in [-0.1, -0.05) is 5.21 Å². The Morgan fingerprint density at radius 1 is 1.57 bits per heavy atom. The van der Waals surface area contributed by atoms with Crippen molar-refractivity contribution in [1.29, 1.82) is 0 Å². The van der Waals surface area contributed by atoms with Crippen molar-refractivity contribution < 1.29 is 0 Å². The zero-order valence-corrected chi connectivity index (χ0v) is 8.74. The highest BCUT2D eigenvalue weighted by Gasteiger charge is 2.25. The van der Waals surface area contributed by atoms with Gasteiger partial charge >= 0.3 is 0 Å². The zero-order chi connectivity index (χ0) is 9.97. The fourth-order valence-electron chi connectivity index (χ4n) is 2.35. The summed E-state index contributed by atoms with van der Waals surface area (Å²) in [5.41, 5.74) is 8.18. The number of aromatic nitrogens is 3. The van der Waals surface area contributed by atoms with Gasteiger partial charge in [0.05, 0.1) is 11.4 Å². The van der Waals surface area contributed by atoms with Gasteiger partial charge in [-0.05, 0) is 39.2 Å². The fraction of sp³-hybridized carbons (Fsp3) is 0.800. The van der Waals surface area contributed by atoms with Gasteiger partial charge in [0, 0.05) is 12.5 Å². The van der Waals surface area contributed by atoms with E-state index in [-0.39, 0.29) is 0 Å². The van der Waals surface area contributed by atoms with E-state index >= 15 is 0 Å². The van der Waals surface area contributed by atoms with E-state index in [0.717, 1.165) is 25.9 Å². The van der Waals surface area contributed by atoms with Crippen molar-refractivity contribution in [3.05, 3.63) is 11.4 Å². The lowest BCUT2D eigenvalue weighted by molar-refractivity contribution is 0.476. The molecule has 0 bridgehead atoms. The molecular weight excluding hydrogens is 176 g/mol. The molecule has 2 rings (SSSR count). The zero-order valence-electron chi connectivity index (χ0n) is 8.74. The van der Waals surface area contributed by atoms with Crippen LogP contribution in [0.3, 0.4) is 0 Å². The van der Waals surface area contributed by atoms with Crippen molar-refractivity contribution in [3.8, 4) is 0 Å². The second-order valence-corrected chi connectivity index (χ2v) is 3.90. The average Bonchev–Trinajstić information content (AvgIpc) is 2.62. The number of nitrogens with two attached hydrogens (primary N) is 1. The van der Waals surface area contributed by atoms with Crippen LogP contribution in [0.5, 0.6) is 0 Å². The van der Waals surface area contributed by atoms with Crippen LogP contribution in [0, 0.1) is 0 Å². The summed E-state index contributed by atoms with van der Waals surface area (Å²) in [6.07, 6.45) is 4.65. The molecule has 0 aliphatic heterocycles. The lowest BCUT2D eigenvalue weighted by Gasteiger charge is -2.22. The van der Waals surface area contributed by atoms with E-state index in [4.69, 9.17) is 5.73 Å². The largest absolute Gasteiger partial charge is 0.330 e. The molecular formula is C10H18N4. The van der Waals surface area contributed by atoms with Gasteiger partial charge in [-0.2, -0.15) is 0 Å². The topological polar surface area (TPSA) is 56.7 Å². The van der Waals surface area contributed by atoms with Gasteiger partial charge in [-0.15, -0.1) is 5.10 Å². The van der Waals surface area contributed by atoms with Gasteiger partial charge in [0.25, 0.3) is 0 Å². The van der Waals surface area contributed by atoms with Crippen LogP contribution in [-0.2, 0) is 13.0 Å². The highest BCUT2D eigenvalue weighted by atomic mass is 15.4. The van der Waals surface area contributed by atoms with Crippen molar-refractivity contribution in [2.24, 2.45) is 5.73 Å². The second-order valence-electron chi connectivity index (χ2n) is 3.90. The lowest BCUT2D eigenvalue weighted by atomic mass is 9.87. The molecule has 0 saturated heterocycles. The molecule has 78 valence electrons. The molecule has 1 atom stereocenters. The summed E-state index contributed by atoms with van der Waals surface area (Å²) in [6.45, 7) is 3.80. The Kier molecular flexibility index (Phi) is 2.82. The molecule has 1 aromatic heterocycles. The van der Waals surface area contributed by atoms with Crippen LogP contribution in [0.4, 0.5) is 0 Å². The summed E-state index contributed by atoms with van der Waals surface area (Å²) in [5.74, 6) is 0.596. The molecule has 0 radical (unpaired) electrons. The smallest absolute Gasteiger partial charge is 0.0862 e. The van der Waals surface area contributed by atoms with E-state index < -0.39 is 0 Å². The van der Waals surface area contributed by atoms with Crippen LogP contribution >= 0.6 is 0 Å². The minimum atomic E-state index is 0.596. The Labute approximate surface area is 84.5 Å². The summed E-state index contributed by atoms with van der Waals surface area (Å²) in [5, 5.41) is 8.41. The maximum Gasteiger partial charge on any atom is 0.0862 e. The number of hydrogen-bond acceptors (Lipinski definition) is 3.